The quantitative estimate of drug-likeness (QED) is 0.449. The Labute approximate surface area is 85.4 Å². The van der Waals surface area contributed by atoms with E-state index in [0.717, 1.165) is 5.75 Å². The molecule has 0 aliphatic heterocycles. The van der Waals surface area contributed by atoms with Gasteiger partial charge in [0.1, 0.15) is 0 Å². The van der Waals surface area contributed by atoms with E-state index in [1.807, 2.05) is 11.8 Å². The van der Waals surface area contributed by atoms with Gasteiger partial charge in [-0.2, -0.15) is 11.8 Å². The highest BCUT2D eigenvalue weighted by atomic mass is 32.2. The standard InChI is InChI=1S/C10H20O2S/c1-3-4-5-6-8-13-9-7-10(11)12-2/h3-9H2,1-2H3. The van der Waals surface area contributed by atoms with Gasteiger partial charge in [0.15, 0.2) is 0 Å². The largest absolute Gasteiger partial charge is 0.469 e. The molecule has 0 atom stereocenters. The molecule has 0 spiro atoms. The first-order chi connectivity index (χ1) is 6.31. The van der Waals surface area contributed by atoms with Crippen LogP contribution in [0.1, 0.15) is 39.0 Å². The molecule has 0 aliphatic carbocycles. The highest BCUT2D eigenvalue weighted by Gasteiger charge is 1.98. The number of carbonyl (C=O) groups excluding carboxylic acids is 1. The number of rotatable bonds is 8. The zero-order chi connectivity index (χ0) is 9.94. The molecule has 0 amide bonds. The van der Waals surface area contributed by atoms with Crippen LogP contribution in [0.25, 0.3) is 0 Å². The molecule has 0 unspecified atom stereocenters. The van der Waals surface area contributed by atoms with E-state index in [4.69, 9.17) is 0 Å². The summed E-state index contributed by atoms with van der Waals surface area (Å²) in [7, 11) is 1.44. The summed E-state index contributed by atoms with van der Waals surface area (Å²) in [6.07, 6.45) is 5.76. The molecule has 0 bridgehead atoms. The first kappa shape index (κ1) is 12.8. The number of methoxy groups -OCH3 is 1. The van der Waals surface area contributed by atoms with Gasteiger partial charge in [0, 0.05) is 5.75 Å². The summed E-state index contributed by atoms with van der Waals surface area (Å²) in [5, 5.41) is 0. The highest BCUT2D eigenvalue weighted by Crippen LogP contribution is 2.08. The molecule has 3 heteroatoms. The number of hydrogen-bond donors (Lipinski definition) is 0. The lowest BCUT2D eigenvalue weighted by Crippen LogP contribution is -2.01. The second-order valence-electron chi connectivity index (χ2n) is 3.00. The predicted molar refractivity (Wildman–Crippen MR) is 58.1 cm³/mol. The number of ether oxygens (including phenoxy) is 1. The maximum absolute atomic E-state index is 10.7. The van der Waals surface area contributed by atoms with E-state index < -0.39 is 0 Å². The van der Waals surface area contributed by atoms with Gasteiger partial charge in [-0.15, -0.1) is 0 Å². The molecule has 0 aromatic rings. The Morgan fingerprint density at radius 2 is 2.00 bits per heavy atom. The molecule has 0 aromatic carbocycles. The fourth-order valence-electron chi connectivity index (χ4n) is 0.991. The molecule has 0 fully saturated rings. The van der Waals surface area contributed by atoms with Crippen molar-refractivity contribution in [1.82, 2.24) is 0 Å². The van der Waals surface area contributed by atoms with Crippen molar-refractivity contribution >= 4 is 17.7 Å². The van der Waals surface area contributed by atoms with Gasteiger partial charge in [-0.1, -0.05) is 26.2 Å². The van der Waals surface area contributed by atoms with Gasteiger partial charge in [-0.05, 0) is 12.2 Å². The van der Waals surface area contributed by atoms with Crippen molar-refractivity contribution in [2.75, 3.05) is 18.6 Å². The first-order valence-corrected chi connectivity index (χ1v) is 6.11. The maximum atomic E-state index is 10.7. The smallest absolute Gasteiger partial charge is 0.306 e. The average molecular weight is 204 g/mol. The fraction of sp³-hybridized carbons (Fsp3) is 0.900. The van der Waals surface area contributed by atoms with Crippen molar-refractivity contribution in [2.45, 2.75) is 39.0 Å². The van der Waals surface area contributed by atoms with Crippen LogP contribution in [0.3, 0.4) is 0 Å². The molecule has 0 aliphatic rings. The maximum Gasteiger partial charge on any atom is 0.306 e. The van der Waals surface area contributed by atoms with Crippen LogP contribution < -0.4 is 0 Å². The van der Waals surface area contributed by atoms with Gasteiger partial charge in [-0.3, -0.25) is 4.79 Å². The normalized spacial score (nSPS) is 10.0. The lowest BCUT2D eigenvalue weighted by atomic mass is 10.2. The Hall–Kier alpha value is -0.180. The van der Waals surface area contributed by atoms with E-state index in [1.165, 1.54) is 38.5 Å². The van der Waals surface area contributed by atoms with Crippen LogP contribution in [0.2, 0.25) is 0 Å². The van der Waals surface area contributed by atoms with Crippen molar-refractivity contribution in [2.24, 2.45) is 0 Å². The lowest BCUT2D eigenvalue weighted by molar-refractivity contribution is -0.140. The number of unbranched alkanes of at least 4 members (excludes halogenated alkanes) is 3. The van der Waals surface area contributed by atoms with Gasteiger partial charge in [0.05, 0.1) is 13.5 Å². The second kappa shape index (κ2) is 9.90. The summed E-state index contributed by atoms with van der Waals surface area (Å²) < 4.78 is 4.54. The number of hydrogen-bond acceptors (Lipinski definition) is 3. The molecule has 0 saturated carbocycles. The van der Waals surface area contributed by atoms with E-state index in [9.17, 15) is 4.79 Å². The van der Waals surface area contributed by atoms with Gasteiger partial charge < -0.3 is 4.74 Å². The summed E-state index contributed by atoms with van der Waals surface area (Å²) in [6.45, 7) is 2.21. The van der Waals surface area contributed by atoms with Crippen molar-refractivity contribution < 1.29 is 9.53 Å². The minimum Gasteiger partial charge on any atom is -0.469 e. The molecule has 0 radical (unpaired) electrons. The van der Waals surface area contributed by atoms with E-state index in [-0.39, 0.29) is 5.97 Å². The number of esters is 1. The summed E-state index contributed by atoms with van der Waals surface area (Å²) in [5.74, 6) is 1.98. The summed E-state index contributed by atoms with van der Waals surface area (Å²) in [6, 6.07) is 0. The topological polar surface area (TPSA) is 26.3 Å². The van der Waals surface area contributed by atoms with Crippen LogP contribution >= 0.6 is 11.8 Å². The zero-order valence-electron chi connectivity index (χ0n) is 8.67. The molecule has 0 N–H and O–H groups in total. The molecular weight excluding hydrogens is 184 g/mol. The van der Waals surface area contributed by atoms with Crippen molar-refractivity contribution in [1.29, 1.82) is 0 Å². The highest BCUT2D eigenvalue weighted by molar-refractivity contribution is 7.99. The van der Waals surface area contributed by atoms with E-state index in [1.54, 1.807) is 0 Å². The van der Waals surface area contributed by atoms with Gasteiger partial charge in [0.25, 0.3) is 0 Å². The first-order valence-electron chi connectivity index (χ1n) is 4.95. The number of carbonyl (C=O) groups is 1. The molecule has 0 aromatic heterocycles. The van der Waals surface area contributed by atoms with E-state index >= 15 is 0 Å². The van der Waals surface area contributed by atoms with Crippen LogP contribution in [0.15, 0.2) is 0 Å². The van der Waals surface area contributed by atoms with Crippen LogP contribution in [0, 0.1) is 0 Å². The molecule has 78 valence electrons. The monoisotopic (exact) mass is 204 g/mol. The Kier molecular flexibility index (Phi) is 9.77. The lowest BCUT2D eigenvalue weighted by Gasteiger charge is -2.00. The van der Waals surface area contributed by atoms with Gasteiger partial charge in [-0.25, -0.2) is 0 Å². The third-order valence-corrected chi connectivity index (χ3v) is 2.89. The van der Waals surface area contributed by atoms with E-state index in [0.29, 0.717) is 6.42 Å². The average Bonchev–Trinajstić information content (AvgIpc) is 2.16. The molecule has 2 nitrogen and oxygen atoms in total. The third-order valence-electron chi connectivity index (χ3n) is 1.82. The Balaban J connectivity index is 2.95. The van der Waals surface area contributed by atoms with E-state index in [2.05, 4.69) is 11.7 Å². The zero-order valence-corrected chi connectivity index (χ0v) is 9.49. The summed E-state index contributed by atoms with van der Waals surface area (Å²) in [4.78, 5) is 10.7. The molecule has 0 saturated heterocycles. The summed E-state index contributed by atoms with van der Waals surface area (Å²) in [5.41, 5.74) is 0. The van der Waals surface area contributed by atoms with Gasteiger partial charge >= 0.3 is 5.97 Å². The van der Waals surface area contributed by atoms with Crippen molar-refractivity contribution in [3.05, 3.63) is 0 Å². The van der Waals surface area contributed by atoms with Crippen molar-refractivity contribution in [3.8, 4) is 0 Å². The van der Waals surface area contributed by atoms with Crippen molar-refractivity contribution in [3.63, 3.8) is 0 Å². The Bertz CT molecular complexity index is 126. The van der Waals surface area contributed by atoms with Crippen LogP contribution in [0.4, 0.5) is 0 Å². The SMILES string of the molecule is CCCCCCSCCC(=O)OC. The fourth-order valence-corrected chi connectivity index (χ4v) is 1.91. The molecular formula is C10H20O2S. The Morgan fingerprint density at radius 1 is 1.23 bits per heavy atom. The minimum atomic E-state index is -0.0962. The molecule has 13 heavy (non-hydrogen) atoms. The van der Waals surface area contributed by atoms with Crippen LogP contribution in [-0.4, -0.2) is 24.6 Å². The predicted octanol–water partition coefficient (Wildman–Crippen LogP) is 2.86. The minimum absolute atomic E-state index is 0.0962. The third kappa shape index (κ3) is 9.74. The summed E-state index contributed by atoms with van der Waals surface area (Å²) >= 11 is 1.85. The molecule has 0 heterocycles. The van der Waals surface area contributed by atoms with Crippen LogP contribution in [-0.2, 0) is 9.53 Å². The Morgan fingerprint density at radius 3 is 2.62 bits per heavy atom. The van der Waals surface area contributed by atoms with Gasteiger partial charge in [0.2, 0.25) is 0 Å². The second-order valence-corrected chi connectivity index (χ2v) is 4.22. The van der Waals surface area contributed by atoms with Crippen LogP contribution in [0.5, 0.6) is 0 Å². The number of thioether (sulfide) groups is 1. The molecule has 0 rings (SSSR count).